The fraction of sp³-hybridized carbons (Fsp3) is 0.600. The van der Waals surface area contributed by atoms with E-state index in [1.807, 2.05) is 18.2 Å². The van der Waals surface area contributed by atoms with E-state index in [1.165, 1.54) is 0 Å². The summed E-state index contributed by atoms with van der Waals surface area (Å²) in [5, 5.41) is 4.31. The lowest BCUT2D eigenvalue weighted by Crippen LogP contribution is -2.45. The minimum atomic E-state index is -3.04. The maximum absolute atomic E-state index is 11.8. The van der Waals surface area contributed by atoms with E-state index in [0.29, 0.717) is 19.1 Å². The van der Waals surface area contributed by atoms with Crippen molar-refractivity contribution in [1.82, 2.24) is 9.62 Å². The zero-order chi connectivity index (χ0) is 15.5. The highest BCUT2D eigenvalue weighted by Gasteiger charge is 2.27. The van der Waals surface area contributed by atoms with E-state index >= 15 is 0 Å². The zero-order valence-corrected chi connectivity index (χ0v) is 14.1. The number of rotatable bonds is 5. The lowest BCUT2D eigenvalue weighted by atomic mass is 10.0. The van der Waals surface area contributed by atoms with Gasteiger partial charge in [0.2, 0.25) is 10.0 Å². The lowest BCUT2D eigenvalue weighted by molar-refractivity contribution is 0.277. The Morgan fingerprint density at radius 2 is 2.05 bits per heavy atom. The van der Waals surface area contributed by atoms with Crippen LogP contribution in [-0.2, 0) is 10.0 Å². The first-order valence-electron chi connectivity index (χ1n) is 7.41. The van der Waals surface area contributed by atoms with E-state index in [1.54, 1.807) is 11.2 Å². The number of benzene rings is 1. The standard InChI is InChI=1S/C15H23ClN2O2S/c1-3-21(19,20)18-9-7-15(8-10-18)17-12(2)13-5-4-6-14(16)11-13/h4-6,11-12,15,17H,3,7-10H2,1-2H3. The molecule has 118 valence electrons. The molecule has 0 radical (unpaired) electrons. The number of halogens is 1. The van der Waals surface area contributed by atoms with Gasteiger partial charge in [0.1, 0.15) is 0 Å². The van der Waals surface area contributed by atoms with Crippen LogP contribution in [0.1, 0.15) is 38.3 Å². The third-order valence-corrected chi connectivity index (χ3v) is 6.16. The monoisotopic (exact) mass is 330 g/mol. The normalized spacial score (nSPS) is 19.6. The molecule has 1 atom stereocenters. The predicted octanol–water partition coefficient (Wildman–Crippen LogP) is 2.80. The van der Waals surface area contributed by atoms with Crippen molar-refractivity contribution >= 4 is 21.6 Å². The third-order valence-electron chi connectivity index (χ3n) is 4.05. The summed E-state index contributed by atoms with van der Waals surface area (Å²) in [5.74, 6) is 0.185. The number of piperidine rings is 1. The highest BCUT2D eigenvalue weighted by molar-refractivity contribution is 7.89. The number of nitrogens with zero attached hydrogens (tertiary/aromatic N) is 1. The Balaban J connectivity index is 1.89. The largest absolute Gasteiger partial charge is 0.307 e. The van der Waals surface area contributed by atoms with Gasteiger partial charge in [-0.15, -0.1) is 0 Å². The van der Waals surface area contributed by atoms with Crippen LogP contribution >= 0.6 is 11.6 Å². The number of hydrogen-bond donors (Lipinski definition) is 1. The Kier molecular flexibility index (Phi) is 5.66. The Morgan fingerprint density at radius 3 is 2.62 bits per heavy atom. The molecular formula is C15H23ClN2O2S. The Morgan fingerprint density at radius 1 is 1.38 bits per heavy atom. The van der Waals surface area contributed by atoms with E-state index in [4.69, 9.17) is 11.6 Å². The summed E-state index contributed by atoms with van der Waals surface area (Å²) in [6, 6.07) is 8.40. The van der Waals surface area contributed by atoms with Gasteiger partial charge in [-0.3, -0.25) is 0 Å². The minimum Gasteiger partial charge on any atom is -0.307 e. The summed E-state index contributed by atoms with van der Waals surface area (Å²) in [4.78, 5) is 0. The van der Waals surface area contributed by atoms with Crippen molar-refractivity contribution in [1.29, 1.82) is 0 Å². The summed E-state index contributed by atoms with van der Waals surface area (Å²) in [5.41, 5.74) is 1.16. The molecule has 0 aliphatic carbocycles. The van der Waals surface area contributed by atoms with Crippen LogP contribution in [0.3, 0.4) is 0 Å². The van der Waals surface area contributed by atoms with Crippen molar-refractivity contribution in [2.75, 3.05) is 18.8 Å². The molecule has 1 unspecified atom stereocenters. The zero-order valence-electron chi connectivity index (χ0n) is 12.5. The second kappa shape index (κ2) is 7.09. The molecule has 0 aromatic heterocycles. The van der Waals surface area contributed by atoms with Gasteiger partial charge < -0.3 is 5.32 Å². The number of sulfonamides is 1. The lowest BCUT2D eigenvalue weighted by Gasteiger charge is -2.33. The van der Waals surface area contributed by atoms with Crippen molar-refractivity contribution in [3.8, 4) is 0 Å². The molecule has 1 aliphatic rings. The van der Waals surface area contributed by atoms with Gasteiger partial charge in [0.05, 0.1) is 5.75 Å². The van der Waals surface area contributed by atoms with Crippen molar-refractivity contribution in [2.24, 2.45) is 0 Å². The maximum atomic E-state index is 11.8. The van der Waals surface area contributed by atoms with Gasteiger partial charge in [0, 0.05) is 30.2 Å². The maximum Gasteiger partial charge on any atom is 0.213 e. The predicted molar refractivity (Wildman–Crippen MR) is 87.1 cm³/mol. The van der Waals surface area contributed by atoms with Crippen LogP contribution in [0, 0.1) is 0 Å². The molecule has 1 aromatic rings. The molecular weight excluding hydrogens is 308 g/mol. The first-order chi connectivity index (χ1) is 9.92. The van der Waals surface area contributed by atoms with Crippen LogP contribution in [0.5, 0.6) is 0 Å². The molecule has 1 aromatic carbocycles. The smallest absolute Gasteiger partial charge is 0.213 e. The van der Waals surface area contributed by atoms with Gasteiger partial charge in [-0.1, -0.05) is 23.7 Å². The molecule has 0 amide bonds. The van der Waals surface area contributed by atoms with Crippen LogP contribution < -0.4 is 5.32 Å². The summed E-state index contributed by atoms with van der Waals surface area (Å²) < 4.78 is 25.3. The van der Waals surface area contributed by atoms with Crippen molar-refractivity contribution in [2.45, 2.75) is 38.8 Å². The Bertz CT molecular complexity index is 569. The number of hydrogen-bond acceptors (Lipinski definition) is 3. The molecule has 21 heavy (non-hydrogen) atoms. The van der Waals surface area contributed by atoms with Gasteiger partial charge in [-0.05, 0) is 44.4 Å². The van der Waals surface area contributed by atoms with E-state index < -0.39 is 10.0 Å². The van der Waals surface area contributed by atoms with E-state index in [9.17, 15) is 8.42 Å². The van der Waals surface area contributed by atoms with Crippen molar-refractivity contribution in [3.63, 3.8) is 0 Å². The SMILES string of the molecule is CCS(=O)(=O)N1CCC(NC(C)c2cccc(Cl)c2)CC1. The van der Waals surface area contributed by atoms with Gasteiger partial charge in [0.25, 0.3) is 0 Å². The molecule has 1 fully saturated rings. The van der Waals surface area contributed by atoms with E-state index in [0.717, 1.165) is 23.4 Å². The molecule has 4 nitrogen and oxygen atoms in total. The second-order valence-electron chi connectivity index (χ2n) is 5.52. The van der Waals surface area contributed by atoms with Crippen LogP contribution in [0.2, 0.25) is 5.02 Å². The van der Waals surface area contributed by atoms with Gasteiger partial charge >= 0.3 is 0 Å². The fourth-order valence-electron chi connectivity index (χ4n) is 2.71. The minimum absolute atomic E-state index is 0.185. The molecule has 2 rings (SSSR count). The van der Waals surface area contributed by atoms with Crippen molar-refractivity contribution in [3.05, 3.63) is 34.9 Å². The Hall–Kier alpha value is -0.620. The van der Waals surface area contributed by atoms with Crippen LogP contribution in [0.15, 0.2) is 24.3 Å². The fourth-order valence-corrected chi connectivity index (χ4v) is 4.04. The van der Waals surface area contributed by atoms with Crippen molar-refractivity contribution < 1.29 is 8.42 Å². The van der Waals surface area contributed by atoms with Crippen LogP contribution in [0.25, 0.3) is 0 Å². The number of nitrogens with one attached hydrogen (secondary N) is 1. The average molecular weight is 331 g/mol. The van der Waals surface area contributed by atoms with E-state index in [-0.39, 0.29) is 11.8 Å². The summed E-state index contributed by atoms with van der Waals surface area (Å²) in [6.07, 6.45) is 1.70. The van der Waals surface area contributed by atoms with E-state index in [2.05, 4.69) is 18.3 Å². The highest BCUT2D eigenvalue weighted by atomic mass is 35.5. The molecule has 0 bridgehead atoms. The topological polar surface area (TPSA) is 49.4 Å². The molecule has 1 N–H and O–H groups in total. The molecule has 6 heteroatoms. The third kappa shape index (κ3) is 4.42. The summed E-state index contributed by atoms with van der Waals surface area (Å²) in [7, 11) is -3.04. The molecule has 0 spiro atoms. The molecule has 1 saturated heterocycles. The Labute approximate surface area is 132 Å². The van der Waals surface area contributed by atoms with Crippen LogP contribution in [0.4, 0.5) is 0 Å². The van der Waals surface area contributed by atoms with Crippen LogP contribution in [-0.4, -0.2) is 37.6 Å². The second-order valence-corrected chi connectivity index (χ2v) is 8.21. The van der Waals surface area contributed by atoms with Gasteiger partial charge in [-0.2, -0.15) is 0 Å². The first-order valence-corrected chi connectivity index (χ1v) is 9.40. The molecule has 1 aliphatic heterocycles. The summed E-state index contributed by atoms with van der Waals surface area (Å²) in [6.45, 7) is 5.02. The quantitative estimate of drug-likeness (QED) is 0.903. The molecule has 0 saturated carbocycles. The highest BCUT2D eigenvalue weighted by Crippen LogP contribution is 2.21. The average Bonchev–Trinajstić information content (AvgIpc) is 2.48. The summed E-state index contributed by atoms with van der Waals surface area (Å²) >= 11 is 6.02. The first kappa shape index (κ1) is 16.7. The molecule has 1 heterocycles. The van der Waals surface area contributed by atoms with Gasteiger partial charge in [-0.25, -0.2) is 12.7 Å². The van der Waals surface area contributed by atoms with Gasteiger partial charge in [0.15, 0.2) is 0 Å².